The van der Waals surface area contributed by atoms with Crippen molar-refractivity contribution in [2.24, 2.45) is 0 Å². The first-order chi connectivity index (χ1) is 14.9. The molecule has 166 valence electrons. The topological polar surface area (TPSA) is 68.3 Å². The Morgan fingerprint density at radius 3 is 2.06 bits per heavy atom. The molecule has 0 N–H and O–H groups in total. The van der Waals surface area contributed by atoms with Gasteiger partial charge in [0, 0.05) is 32.2 Å². The molecule has 0 saturated carbocycles. The van der Waals surface area contributed by atoms with Gasteiger partial charge in [-0.2, -0.15) is 0 Å². The third-order valence-corrected chi connectivity index (χ3v) is 5.47. The minimum Gasteiger partial charge on any atom is -0.497 e. The number of methoxy groups -OCH3 is 2. The summed E-state index contributed by atoms with van der Waals surface area (Å²) in [5, 5.41) is 0. The lowest BCUT2D eigenvalue weighted by molar-refractivity contribution is -0.134. The molecule has 2 amide bonds. The Hall–Kier alpha value is -3.22. The second-order valence-electron chi connectivity index (χ2n) is 7.75. The van der Waals surface area contributed by atoms with E-state index >= 15 is 0 Å². The average molecular weight is 427 g/mol. The van der Waals surface area contributed by atoms with Crippen molar-refractivity contribution >= 4 is 11.8 Å². The highest BCUT2D eigenvalue weighted by atomic mass is 16.5. The van der Waals surface area contributed by atoms with Gasteiger partial charge in [-0.3, -0.25) is 9.59 Å². The number of benzene rings is 2. The number of hydrogen-bond donors (Lipinski definition) is 0. The second-order valence-corrected chi connectivity index (χ2v) is 7.75. The summed E-state index contributed by atoms with van der Waals surface area (Å²) >= 11 is 0. The Morgan fingerprint density at radius 2 is 1.48 bits per heavy atom. The Bertz CT molecular complexity index is 903. The summed E-state index contributed by atoms with van der Waals surface area (Å²) in [5.74, 6) is 2.03. The Labute approximate surface area is 183 Å². The Balaban J connectivity index is 1.52. The molecular weight excluding hydrogens is 396 g/mol. The highest BCUT2D eigenvalue weighted by Crippen LogP contribution is 2.26. The number of hydrogen-bond acceptors (Lipinski definition) is 5. The quantitative estimate of drug-likeness (QED) is 0.680. The normalized spacial score (nSPS) is 13.8. The zero-order chi connectivity index (χ0) is 22.4. The van der Waals surface area contributed by atoms with E-state index < -0.39 is 0 Å². The van der Waals surface area contributed by atoms with E-state index in [9.17, 15) is 9.59 Å². The van der Waals surface area contributed by atoms with E-state index in [4.69, 9.17) is 14.2 Å². The molecule has 0 aliphatic carbocycles. The van der Waals surface area contributed by atoms with E-state index in [1.165, 1.54) is 12.7 Å². The second kappa shape index (κ2) is 10.2. The van der Waals surface area contributed by atoms with Gasteiger partial charge in [-0.25, -0.2) is 0 Å². The third-order valence-electron chi connectivity index (χ3n) is 5.47. The summed E-state index contributed by atoms with van der Waals surface area (Å²) in [6.45, 7) is 6.12. The summed E-state index contributed by atoms with van der Waals surface area (Å²) in [4.78, 5) is 28.9. The molecule has 0 radical (unpaired) electrons. The van der Waals surface area contributed by atoms with Gasteiger partial charge >= 0.3 is 0 Å². The van der Waals surface area contributed by atoms with Crippen molar-refractivity contribution in [1.82, 2.24) is 9.80 Å². The van der Waals surface area contributed by atoms with Crippen molar-refractivity contribution < 1.29 is 23.8 Å². The van der Waals surface area contributed by atoms with Crippen LogP contribution in [-0.2, 0) is 4.79 Å². The number of ether oxygens (including phenoxy) is 3. The summed E-state index contributed by atoms with van der Waals surface area (Å²) in [7, 11) is 3.09. The molecule has 0 aromatic heterocycles. The Morgan fingerprint density at radius 1 is 0.871 bits per heavy atom. The number of rotatable bonds is 7. The number of carbonyl (C=O) groups is 2. The molecule has 1 aliphatic heterocycles. The minimum absolute atomic E-state index is 0.0126. The van der Waals surface area contributed by atoms with E-state index in [0.717, 1.165) is 0 Å². The summed E-state index contributed by atoms with van der Waals surface area (Å²) in [6, 6.07) is 12.9. The predicted octanol–water partition coefficient (Wildman–Crippen LogP) is 3.19. The monoisotopic (exact) mass is 426 g/mol. The largest absolute Gasteiger partial charge is 0.497 e. The van der Waals surface area contributed by atoms with Crippen LogP contribution in [0.3, 0.4) is 0 Å². The predicted molar refractivity (Wildman–Crippen MR) is 118 cm³/mol. The zero-order valence-corrected chi connectivity index (χ0v) is 18.6. The average Bonchev–Trinajstić information content (AvgIpc) is 2.81. The van der Waals surface area contributed by atoms with Crippen LogP contribution in [0.5, 0.6) is 17.2 Å². The standard InChI is InChI=1S/C24H30N2O5/c1-17(2)18-5-7-19(8-6-18)31-16-23(27)25-11-13-26(14-12-25)24(28)21-10-9-20(29-3)15-22(21)30-4/h5-10,15,17H,11-14,16H2,1-4H3. The highest BCUT2D eigenvalue weighted by molar-refractivity contribution is 5.97. The fraction of sp³-hybridized carbons (Fsp3) is 0.417. The molecule has 7 heteroatoms. The van der Waals surface area contributed by atoms with Crippen LogP contribution in [0.1, 0.15) is 35.7 Å². The van der Waals surface area contributed by atoms with E-state index in [2.05, 4.69) is 13.8 Å². The van der Waals surface area contributed by atoms with E-state index in [1.807, 2.05) is 24.3 Å². The first-order valence-corrected chi connectivity index (χ1v) is 10.4. The first-order valence-electron chi connectivity index (χ1n) is 10.4. The highest BCUT2D eigenvalue weighted by Gasteiger charge is 2.26. The van der Waals surface area contributed by atoms with Crippen molar-refractivity contribution in [2.45, 2.75) is 19.8 Å². The molecule has 2 aromatic carbocycles. The van der Waals surface area contributed by atoms with Crippen LogP contribution in [0.25, 0.3) is 0 Å². The molecule has 3 rings (SSSR count). The van der Waals surface area contributed by atoms with Gasteiger partial charge in [0.05, 0.1) is 19.8 Å². The van der Waals surface area contributed by atoms with Gasteiger partial charge in [0.1, 0.15) is 17.2 Å². The molecule has 31 heavy (non-hydrogen) atoms. The van der Waals surface area contributed by atoms with Gasteiger partial charge < -0.3 is 24.0 Å². The molecule has 1 heterocycles. The molecule has 1 fully saturated rings. The molecule has 1 aliphatic rings. The van der Waals surface area contributed by atoms with Gasteiger partial charge in [0.15, 0.2) is 6.61 Å². The first kappa shape index (κ1) is 22.5. The molecule has 0 spiro atoms. The van der Waals surface area contributed by atoms with Gasteiger partial charge in [0.2, 0.25) is 0 Å². The molecule has 0 unspecified atom stereocenters. The molecule has 2 aromatic rings. The molecule has 0 bridgehead atoms. The SMILES string of the molecule is COc1ccc(C(=O)N2CCN(C(=O)COc3ccc(C(C)C)cc3)CC2)c(OC)c1. The smallest absolute Gasteiger partial charge is 0.260 e. The van der Waals surface area contributed by atoms with Crippen LogP contribution in [0.15, 0.2) is 42.5 Å². The van der Waals surface area contributed by atoms with E-state index in [-0.39, 0.29) is 18.4 Å². The summed E-state index contributed by atoms with van der Waals surface area (Å²) < 4.78 is 16.2. The molecule has 0 atom stereocenters. The van der Waals surface area contributed by atoms with Crippen molar-refractivity contribution in [1.29, 1.82) is 0 Å². The Kier molecular flexibility index (Phi) is 7.39. The lowest BCUT2D eigenvalue weighted by Crippen LogP contribution is -2.51. The number of carbonyl (C=O) groups excluding carboxylic acids is 2. The maximum absolute atomic E-state index is 12.9. The lowest BCUT2D eigenvalue weighted by atomic mass is 10.0. The van der Waals surface area contributed by atoms with Crippen molar-refractivity contribution in [2.75, 3.05) is 47.0 Å². The van der Waals surface area contributed by atoms with Gasteiger partial charge in [0.25, 0.3) is 11.8 Å². The lowest BCUT2D eigenvalue weighted by Gasteiger charge is -2.35. The molecule has 7 nitrogen and oxygen atoms in total. The summed E-state index contributed by atoms with van der Waals surface area (Å²) in [6.07, 6.45) is 0. The van der Waals surface area contributed by atoms with E-state index in [1.54, 1.807) is 35.1 Å². The third kappa shape index (κ3) is 5.48. The molecular formula is C24H30N2O5. The van der Waals surface area contributed by atoms with Crippen LogP contribution in [0.2, 0.25) is 0 Å². The maximum atomic E-state index is 12.9. The van der Waals surface area contributed by atoms with Crippen LogP contribution in [0.4, 0.5) is 0 Å². The van der Waals surface area contributed by atoms with E-state index in [0.29, 0.717) is 54.9 Å². The number of piperazine rings is 1. The summed E-state index contributed by atoms with van der Waals surface area (Å²) in [5.41, 5.74) is 1.71. The maximum Gasteiger partial charge on any atom is 0.260 e. The minimum atomic E-state index is -0.118. The van der Waals surface area contributed by atoms with Gasteiger partial charge in [-0.05, 0) is 35.7 Å². The fourth-order valence-electron chi connectivity index (χ4n) is 3.49. The van der Waals surface area contributed by atoms with Crippen molar-refractivity contribution in [3.63, 3.8) is 0 Å². The van der Waals surface area contributed by atoms with Gasteiger partial charge in [-0.15, -0.1) is 0 Å². The van der Waals surface area contributed by atoms with Gasteiger partial charge in [-0.1, -0.05) is 26.0 Å². The fourth-order valence-corrected chi connectivity index (χ4v) is 3.49. The molecule has 1 saturated heterocycles. The zero-order valence-electron chi connectivity index (χ0n) is 18.6. The number of amides is 2. The van der Waals surface area contributed by atoms with Crippen molar-refractivity contribution in [3.8, 4) is 17.2 Å². The van der Waals surface area contributed by atoms with Crippen LogP contribution >= 0.6 is 0 Å². The number of nitrogens with zero attached hydrogens (tertiary/aromatic N) is 2. The van der Waals surface area contributed by atoms with Crippen LogP contribution in [-0.4, -0.2) is 68.6 Å². The van der Waals surface area contributed by atoms with Crippen LogP contribution in [0, 0.1) is 0 Å². The van der Waals surface area contributed by atoms with Crippen LogP contribution < -0.4 is 14.2 Å². The van der Waals surface area contributed by atoms with Crippen molar-refractivity contribution in [3.05, 3.63) is 53.6 Å².